The molecule has 0 spiro atoms. The van der Waals surface area contributed by atoms with Crippen molar-refractivity contribution < 1.29 is 18.9 Å². The monoisotopic (exact) mass is 356 g/mol. The van der Waals surface area contributed by atoms with Crippen molar-refractivity contribution in [3.8, 4) is 23.0 Å². The zero-order valence-corrected chi connectivity index (χ0v) is 15.2. The van der Waals surface area contributed by atoms with Crippen molar-refractivity contribution in [2.45, 2.75) is 6.04 Å². The number of para-hydroxylation sites is 1. The van der Waals surface area contributed by atoms with E-state index in [1.54, 1.807) is 14.2 Å². The third kappa shape index (κ3) is 3.06. The number of hydrogen-bond acceptors (Lipinski definition) is 6. The Labute approximate surface area is 153 Å². The molecule has 1 saturated heterocycles. The number of piperazine rings is 1. The Morgan fingerprint density at radius 1 is 1.00 bits per heavy atom. The molecule has 0 aliphatic carbocycles. The maximum Gasteiger partial charge on any atom is 0.231 e. The van der Waals surface area contributed by atoms with Crippen LogP contribution in [0.15, 0.2) is 36.4 Å². The van der Waals surface area contributed by atoms with Crippen LogP contribution in [0.4, 0.5) is 0 Å². The molecule has 2 aromatic rings. The Hall–Kier alpha value is -2.44. The summed E-state index contributed by atoms with van der Waals surface area (Å²) < 4.78 is 22.3. The van der Waals surface area contributed by atoms with Crippen LogP contribution in [0.1, 0.15) is 17.2 Å². The van der Waals surface area contributed by atoms with E-state index in [0.29, 0.717) is 0 Å². The smallest absolute Gasteiger partial charge is 0.231 e. The van der Waals surface area contributed by atoms with Gasteiger partial charge in [0.2, 0.25) is 6.79 Å². The number of benzene rings is 2. The average Bonchev–Trinajstić information content (AvgIpc) is 3.17. The van der Waals surface area contributed by atoms with Gasteiger partial charge >= 0.3 is 0 Å². The Kier molecular flexibility index (Phi) is 4.86. The minimum Gasteiger partial charge on any atom is -0.493 e. The van der Waals surface area contributed by atoms with Crippen LogP contribution in [-0.4, -0.2) is 52.1 Å². The third-order valence-corrected chi connectivity index (χ3v) is 4.96. The molecule has 1 N–H and O–H groups in total. The van der Waals surface area contributed by atoms with Crippen LogP contribution in [0.2, 0.25) is 0 Å². The van der Waals surface area contributed by atoms with Gasteiger partial charge in [-0.15, -0.1) is 0 Å². The standard InChI is InChI=1S/C20H24N2O4/c1-23-17-5-3-4-15(20(17)24-2)19(22-10-8-21-9-11-22)14-6-7-16-18(12-14)26-13-25-16/h3-7,12,19,21H,8-11,13H2,1-2H3. The molecular weight excluding hydrogens is 332 g/mol. The van der Waals surface area contributed by atoms with Crippen molar-refractivity contribution in [2.75, 3.05) is 47.2 Å². The van der Waals surface area contributed by atoms with Crippen molar-refractivity contribution in [1.29, 1.82) is 0 Å². The number of nitrogens with one attached hydrogen (secondary N) is 1. The van der Waals surface area contributed by atoms with E-state index in [2.05, 4.69) is 28.4 Å². The normalized spacial score (nSPS) is 17.8. The van der Waals surface area contributed by atoms with Gasteiger partial charge in [0.15, 0.2) is 23.0 Å². The summed E-state index contributed by atoms with van der Waals surface area (Å²) in [5.74, 6) is 3.11. The molecule has 6 nitrogen and oxygen atoms in total. The second kappa shape index (κ2) is 7.43. The van der Waals surface area contributed by atoms with Gasteiger partial charge in [-0.2, -0.15) is 0 Å². The van der Waals surface area contributed by atoms with Crippen LogP contribution in [0.3, 0.4) is 0 Å². The first kappa shape index (κ1) is 17.0. The second-order valence-electron chi connectivity index (χ2n) is 6.38. The van der Waals surface area contributed by atoms with Crippen LogP contribution in [0.5, 0.6) is 23.0 Å². The molecule has 0 saturated carbocycles. The Balaban J connectivity index is 1.81. The summed E-state index contributed by atoms with van der Waals surface area (Å²) >= 11 is 0. The Bertz CT molecular complexity index is 774. The summed E-state index contributed by atoms with van der Waals surface area (Å²) in [6.07, 6.45) is 0. The van der Waals surface area contributed by atoms with Crippen molar-refractivity contribution in [1.82, 2.24) is 10.2 Å². The lowest BCUT2D eigenvalue weighted by atomic mass is 9.95. The summed E-state index contributed by atoms with van der Waals surface area (Å²) in [7, 11) is 3.36. The molecular formula is C20H24N2O4. The highest BCUT2D eigenvalue weighted by atomic mass is 16.7. The topological polar surface area (TPSA) is 52.2 Å². The van der Waals surface area contributed by atoms with E-state index >= 15 is 0 Å². The number of methoxy groups -OCH3 is 2. The van der Waals surface area contributed by atoms with E-state index in [0.717, 1.165) is 60.3 Å². The van der Waals surface area contributed by atoms with Crippen LogP contribution >= 0.6 is 0 Å². The lowest BCUT2D eigenvalue weighted by Crippen LogP contribution is -2.45. The van der Waals surface area contributed by atoms with Gasteiger partial charge in [0.05, 0.1) is 20.3 Å². The lowest BCUT2D eigenvalue weighted by molar-refractivity contribution is 0.173. The molecule has 138 valence electrons. The zero-order chi connectivity index (χ0) is 17.9. The first-order valence-electron chi connectivity index (χ1n) is 8.87. The molecule has 4 rings (SSSR count). The fourth-order valence-electron chi connectivity index (χ4n) is 3.74. The summed E-state index contributed by atoms with van der Waals surface area (Å²) in [6.45, 7) is 4.12. The highest BCUT2D eigenvalue weighted by molar-refractivity contribution is 5.53. The van der Waals surface area contributed by atoms with Crippen LogP contribution in [-0.2, 0) is 0 Å². The van der Waals surface area contributed by atoms with Crippen molar-refractivity contribution in [3.63, 3.8) is 0 Å². The van der Waals surface area contributed by atoms with Crippen molar-refractivity contribution in [2.24, 2.45) is 0 Å². The summed E-state index contributed by atoms with van der Waals surface area (Å²) in [6, 6.07) is 12.3. The fourth-order valence-corrected chi connectivity index (χ4v) is 3.74. The lowest BCUT2D eigenvalue weighted by Gasteiger charge is -2.36. The molecule has 0 amide bonds. The predicted octanol–water partition coefficient (Wildman–Crippen LogP) is 2.43. The minimum absolute atomic E-state index is 0.0525. The van der Waals surface area contributed by atoms with Gasteiger partial charge in [-0.05, 0) is 23.8 Å². The Morgan fingerprint density at radius 3 is 2.58 bits per heavy atom. The van der Waals surface area contributed by atoms with Gasteiger partial charge in [-0.1, -0.05) is 18.2 Å². The first-order chi connectivity index (χ1) is 12.8. The molecule has 26 heavy (non-hydrogen) atoms. The van der Waals surface area contributed by atoms with Gasteiger partial charge in [0.1, 0.15) is 0 Å². The van der Waals surface area contributed by atoms with Crippen LogP contribution in [0.25, 0.3) is 0 Å². The second-order valence-corrected chi connectivity index (χ2v) is 6.38. The van der Waals surface area contributed by atoms with Crippen molar-refractivity contribution >= 4 is 0 Å². The van der Waals surface area contributed by atoms with Crippen LogP contribution < -0.4 is 24.3 Å². The van der Waals surface area contributed by atoms with E-state index in [9.17, 15) is 0 Å². The number of ether oxygens (including phenoxy) is 4. The SMILES string of the molecule is COc1cccc(C(c2ccc3c(c2)OCO3)N2CCNCC2)c1OC. The summed E-state index contributed by atoms with van der Waals surface area (Å²) in [5.41, 5.74) is 2.25. The average molecular weight is 356 g/mol. The van der Waals surface area contributed by atoms with E-state index < -0.39 is 0 Å². The van der Waals surface area contributed by atoms with Gasteiger partial charge in [-0.25, -0.2) is 0 Å². The first-order valence-corrected chi connectivity index (χ1v) is 8.87. The minimum atomic E-state index is 0.0525. The summed E-state index contributed by atoms with van der Waals surface area (Å²) in [5, 5.41) is 3.42. The molecule has 2 heterocycles. The molecule has 0 aromatic heterocycles. The highest BCUT2D eigenvalue weighted by Crippen LogP contribution is 2.42. The van der Waals surface area contributed by atoms with Crippen LogP contribution in [0, 0.1) is 0 Å². The van der Waals surface area contributed by atoms with Gasteiger partial charge in [0, 0.05) is 31.7 Å². The molecule has 2 aliphatic rings. The highest BCUT2D eigenvalue weighted by Gasteiger charge is 2.29. The number of hydrogen-bond donors (Lipinski definition) is 1. The predicted molar refractivity (Wildman–Crippen MR) is 98.4 cm³/mol. The molecule has 1 unspecified atom stereocenters. The molecule has 0 bridgehead atoms. The number of nitrogens with zero attached hydrogens (tertiary/aromatic N) is 1. The number of rotatable bonds is 5. The maximum absolute atomic E-state index is 5.73. The summed E-state index contributed by atoms with van der Waals surface area (Å²) in [4.78, 5) is 2.46. The van der Waals surface area contributed by atoms with E-state index in [-0.39, 0.29) is 12.8 Å². The van der Waals surface area contributed by atoms with E-state index in [1.807, 2.05) is 18.2 Å². The quantitative estimate of drug-likeness (QED) is 0.888. The third-order valence-electron chi connectivity index (χ3n) is 4.96. The Morgan fingerprint density at radius 2 is 1.81 bits per heavy atom. The molecule has 0 radical (unpaired) electrons. The van der Waals surface area contributed by atoms with Crippen molar-refractivity contribution in [3.05, 3.63) is 47.5 Å². The fraction of sp³-hybridized carbons (Fsp3) is 0.400. The number of fused-ring (bicyclic) bond motifs is 1. The molecule has 2 aromatic carbocycles. The van der Waals surface area contributed by atoms with E-state index in [4.69, 9.17) is 18.9 Å². The van der Waals surface area contributed by atoms with E-state index in [1.165, 1.54) is 0 Å². The van der Waals surface area contributed by atoms with Gasteiger partial charge < -0.3 is 24.3 Å². The molecule has 2 aliphatic heterocycles. The maximum atomic E-state index is 5.73. The van der Waals surface area contributed by atoms with Gasteiger partial charge in [-0.3, -0.25) is 4.90 Å². The van der Waals surface area contributed by atoms with Gasteiger partial charge in [0.25, 0.3) is 0 Å². The molecule has 1 atom stereocenters. The molecule has 1 fully saturated rings. The zero-order valence-electron chi connectivity index (χ0n) is 15.2. The molecule has 6 heteroatoms. The largest absolute Gasteiger partial charge is 0.493 e.